The van der Waals surface area contributed by atoms with Gasteiger partial charge in [0, 0.05) is 23.9 Å². The Balaban J connectivity index is 2.10. The summed E-state index contributed by atoms with van der Waals surface area (Å²) in [6.45, 7) is 2.10. The second kappa shape index (κ2) is 5.27. The maximum Gasteiger partial charge on any atom is 0.121 e. The predicted molar refractivity (Wildman–Crippen MR) is 65.7 cm³/mol. The maximum absolute atomic E-state index is 5.76. The average molecular weight is 236 g/mol. The number of hydrogen-bond donors (Lipinski definition) is 1. The van der Waals surface area contributed by atoms with Gasteiger partial charge < -0.3 is 9.73 Å². The summed E-state index contributed by atoms with van der Waals surface area (Å²) in [6.07, 6.45) is 3.79. The van der Waals surface area contributed by atoms with Gasteiger partial charge in [0.25, 0.3) is 0 Å². The standard InChI is InChI=1S/C12H16N2OS/c1-3-9-4-5-12(15-9)11(13-2)6-10-7-14-8-16-10/h4-5,7-8,11,13H,3,6H2,1-2H3. The molecular formula is C12H16N2OS. The fourth-order valence-electron chi connectivity index (χ4n) is 1.66. The van der Waals surface area contributed by atoms with Gasteiger partial charge in [-0.15, -0.1) is 11.3 Å². The molecule has 0 aliphatic rings. The molecule has 0 fully saturated rings. The van der Waals surface area contributed by atoms with Crippen LogP contribution in [0.5, 0.6) is 0 Å². The normalized spacial score (nSPS) is 12.9. The Morgan fingerprint density at radius 1 is 1.50 bits per heavy atom. The second-order valence-electron chi connectivity index (χ2n) is 3.67. The molecule has 0 saturated carbocycles. The summed E-state index contributed by atoms with van der Waals surface area (Å²) >= 11 is 1.68. The van der Waals surface area contributed by atoms with Crippen LogP contribution in [-0.4, -0.2) is 12.0 Å². The van der Waals surface area contributed by atoms with Crippen molar-refractivity contribution in [1.82, 2.24) is 10.3 Å². The highest BCUT2D eigenvalue weighted by Gasteiger charge is 2.14. The van der Waals surface area contributed by atoms with Gasteiger partial charge >= 0.3 is 0 Å². The van der Waals surface area contributed by atoms with Crippen LogP contribution in [0.25, 0.3) is 0 Å². The van der Waals surface area contributed by atoms with Gasteiger partial charge in [-0.25, -0.2) is 0 Å². The number of aryl methyl sites for hydroxylation is 1. The summed E-state index contributed by atoms with van der Waals surface area (Å²) in [6, 6.07) is 4.34. The molecular weight excluding hydrogens is 220 g/mol. The lowest BCUT2D eigenvalue weighted by Crippen LogP contribution is -2.17. The minimum absolute atomic E-state index is 0.237. The van der Waals surface area contributed by atoms with E-state index in [1.165, 1.54) is 4.88 Å². The molecule has 3 nitrogen and oxygen atoms in total. The van der Waals surface area contributed by atoms with Gasteiger partial charge in [0.15, 0.2) is 0 Å². The highest BCUT2D eigenvalue weighted by atomic mass is 32.1. The molecule has 1 unspecified atom stereocenters. The lowest BCUT2D eigenvalue weighted by molar-refractivity contribution is 0.408. The number of aromatic nitrogens is 1. The Hall–Kier alpha value is -1.13. The van der Waals surface area contributed by atoms with Gasteiger partial charge in [-0.05, 0) is 19.2 Å². The van der Waals surface area contributed by atoms with E-state index in [0.29, 0.717) is 0 Å². The largest absolute Gasteiger partial charge is 0.464 e. The van der Waals surface area contributed by atoms with Crippen molar-refractivity contribution in [3.8, 4) is 0 Å². The number of nitrogens with zero attached hydrogens (tertiary/aromatic N) is 1. The zero-order valence-corrected chi connectivity index (χ0v) is 10.4. The predicted octanol–water partition coefficient (Wildman–Crippen LogP) is 2.80. The van der Waals surface area contributed by atoms with E-state index in [1.54, 1.807) is 11.3 Å². The SMILES string of the molecule is CCc1ccc(C(Cc2cncs2)NC)o1. The molecule has 86 valence electrons. The average Bonchev–Trinajstić information content (AvgIpc) is 2.96. The molecule has 0 bridgehead atoms. The smallest absolute Gasteiger partial charge is 0.121 e. The first-order valence-corrected chi connectivity index (χ1v) is 6.34. The molecule has 1 N–H and O–H groups in total. The molecule has 4 heteroatoms. The second-order valence-corrected chi connectivity index (χ2v) is 4.64. The summed E-state index contributed by atoms with van der Waals surface area (Å²) in [5, 5.41) is 3.28. The third kappa shape index (κ3) is 2.51. The monoisotopic (exact) mass is 236 g/mol. The summed E-state index contributed by atoms with van der Waals surface area (Å²) in [4.78, 5) is 5.36. The Morgan fingerprint density at radius 3 is 2.94 bits per heavy atom. The van der Waals surface area contributed by atoms with E-state index in [0.717, 1.165) is 24.4 Å². The Bertz CT molecular complexity index is 422. The zero-order chi connectivity index (χ0) is 11.4. The summed E-state index contributed by atoms with van der Waals surface area (Å²) in [7, 11) is 1.96. The molecule has 0 spiro atoms. The third-order valence-electron chi connectivity index (χ3n) is 2.61. The van der Waals surface area contributed by atoms with Crippen LogP contribution < -0.4 is 5.32 Å². The highest BCUT2D eigenvalue weighted by Crippen LogP contribution is 2.22. The highest BCUT2D eigenvalue weighted by molar-refractivity contribution is 7.09. The van der Waals surface area contributed by atoms with Crippen LogP contribution >= 0.6 is 11.3 Å². The van der Waals surface area contributed by atoms with Crippen molar-refractivity contribution in [2.75, 3.05) is 7.05 Å². The molecule has 0 saturated heterocycles. The summed E-state index contributed by atoms with van der Waals surface area (Å²) < 4.78 is 5.76. The van der Waals surface area contributed by atoms with Crippen molar-refractivity contribution in [2.24, 2.45) is 0 Å². The molecule has 2 aromatic rings. The number of nitrogens with one attached hydrogen (secondary N) is 1. The van der Waals surface area contributed by atoms with Crippen molar-refractivity contribution < 1.29 is 4.42 Å². The van der Waals surface area contributed by atoms with E-state index in [2.05, 4.69) is 23.3 Å². The maximum atomic E-state index is 5.76. The van der Waals surface area contributed by atoms with Crippen LogP contribution in [0.2, 0.25) is 0 Å². The van der Waals surface area contributed by atoms with E-state index < -0.39 is 0 Å². The Kier molecular flexibility index (Phi) is 3.74. The molecule has 2 aromatic heterocycles. The van der Waals surface area contributed by atoms with Gasteiger partial charge in [-0.3, -0.25) is 4.98 Å². The fraction of sp³-hybridized carbons (Fsp3) is 0.417. The number of rotatable bonds is 5. The van der Waals surface area contributed by atoms with Gasteiger partial charge in [0.05, 0.1) is 11.6 Å². The Morgan fingerprint density at radius 2 is 2.38 bits per heavy atom. The van der Waals surface area contributed by atoms with Crippen LogP contribution in [0, 0.1) is 0 Å². The number of hydrogen-bond acceptors (Lipinski definition) is 4. The van der Waals surface area contributed by atoms with Crippen LogP contribution in [-0.2, 0) is 12.8 Å². The van der Waals surface area contributed by atoms with Crippen molar-refractivity contribution in [1.29, 1.82) is 0 Å². The Labute approximate surface area is 99.5 Å². The molecule has 0 amide bonds. The van der Waals surface area contributed by atoms with Gasteiger partial charge in [-0.2, -0.15) is 0 Å². The summed E-state index contributed by atoms with van der Waals surface area (Å²) in [5.41, 5.74) is 1.86. The van der Waals surface area contributed by atoms with E-state index in [1.807, 2.05) is 24.8 Å². The molecule has 0 aliphatic carbocycles. The third-order valence-corrected chi connectivity index (χ3v) is 3.41. The first-order valence-electron chi connectivity index (χ1n) is 5.46. The summed E-state index contributed by atoms with van der Waals surface area (Å²) in [5.74, 6) is 2.05. The number of thiazole rings is 1. The lowest BCUT2D eigenvalue weighted by Gasteiger charge is -2.11. The van der Waals surface area contributed by atoms with Crippen molar-refractivity contribution in [3.63, 3.8) is 0 Å². The van der Waals surface area contributed by atoms with E-state index in [9.17, 15) is 0 Å². The minimum atomic E-state index is 0.237. The van der Waals surface area contributed by atoms with Gasteiger partial charge in [-0.1, -0.05) is 6.92 Å². The van der Waals surface area contributed by atoms with Crippen LogP contribution in [0.1, 0.15) is 29.4 Å². The van der Waals surface area contributed by atoms with Crippen molar-refractivity contribution in [3.05, 3.63) is 40.2 Å². The minimum Gasteiger partial charge on any atom is -0.464 e. The van der Waals surface area contributed by atoms with Crippen molar-refractivity contribution in [2.45, 2.75) is 25.8 Å². The first-order chi connectivity index (χ1) is 7.83. The fourth-order valence-corrected chi connectivity index (χ4v) is 2.30. The molecule has 1 atom stereocenters. The van der Waals surface area contributed by atoms with E-state index in [-0.39, 0.29) is 6.04 Å². The van der Waals surface area contributed by atoms with Crippen LogP contribution in [0.3, 0.4) is 0 Å². The quantitative estimate of drug-likeness (QED) is 0.867. The lowest BCUT2D eigenvalue weighted by atomic mass is 10.1. The number of furan rings is 1. The molecule has 0 radical (unpaired) electrons. The molecule has 0 aliphatic heterocycles. The van der Waals surface area contributed by atoms with Crippen LogP contribution in [0.4, 0.5) is 0 Å². The van der Waals surface area contributed by atoms with Gasteiger partial charge in [0.1, 0.15) is 11.5 Å². The number of likely N-dealkylation sites (N-methyl/N-ethyl adjacent to an activating group) is 1. The molecule has 2 heterocycles. The molecule has 2 rings (SSSR count). The van der Waals surface area contributed by atoms with Gasteiger partial charge in [0.2, 0.25) is 0 Å². The molecule has 16 heavy (non-hydrogen) atoms. The van der Waals surface area contributed by atoms with E-state index >= 15 is 0 Å². The zero-order valence-electron chi connectivity index (χ0n) is 9.56. The molecule has 0 aromatic carbocycles. The van der Waals surface area contributed by atoms with E-state index in [4.69, 9.17) is 4.42 Å². The topological polar surface area (TPSA) is 38.1 Å². The first kappa shape index (κ1) is 11.4. The van der Waals surface area contributed by atoms with Crippen molar-refractivity contribution >= 4 is 11.3 Å². The van der Waals surface area contributed by atoms with Crippen LogP contribution in [0.15, 0.2) is 28.3 Å².